The van der Waals surface area contributed by atoms with E-state index in [1.807, 2.05) is 0 Å². The zero-order chi connectivity index (χ0) is 16.0. The summed E-state index contributed by atoms with van der Waals surface area (Å²) >= 11 is 0. The molecule has 12 heteroatoms. The number of carbonyl (C=O) groups is 1. The molecule has 0 atom stereocenters. The van der Waals surface area contributed by atoms with Gasteiger partial charge in [-0.1, -0.05) is 0 Å². The van der Waals surface area contributed by atoms with Crippen molar-refractivity contribution in [2.45, 2.75) is 23.1 Å². The van der Waals surface area contributed by atoms with Gasteiger partial charge in [0.1, 0.15) is 4.90 Å². The summed E-state index contributed by atoms with van der Waals surface area (Å²) in [5.74, 6) is -0.593. The molecule has 1 aliphatic heterocycles. The molecule has 2 N–H and O–H groups in total. The number of rotatable bonds is 3. The van der Waals surface area contributed by atoms with Gasteiger partial charge in [-0.3, -0.25) is 13.9 Å². The van der Waals surface area contributed by atoms with Crippen molar-refractivity contribution in [2.24, 2.45) is 5.10 Å². The largest absolute Gasteiger partial charge is 0.296 e. The van der Waals surface area contributed by atoms with Crippen LogP contribution in [0.3, 0.4) is 0 Å². The van der Waals surface area contributed by atoms with Crippen LogP contribution in [-0.2, 0) is 25.0 Å². The molecule has 2 rings (SSSR count). The summed E-state index contributed by atoms with van der Waals surface area (Å²) in [4.78, 5) is 10.4. The van der Waals surface area contributed by atoms with Gasteiger partial charge in [0.05, 0.1) is 17.0 Å². The minimum Gasteiger partial charge on any atom is -0.282 e. The van der Waals surface area contributed by atoms with Crippen LogP contribution in [0.2, 0.25) is 0 Å². The third-order valence-electron chi connectivity index (χ3n) is 2.65. The second-order valence-corrected chi connectivity index (χ2v) is 7.11. The van der Waals surface area contributed by atoms with Gasteiger partial charge in [-0.2, -0.15) is 26.9 Å². The summed E-state index contributed by atoms with van der Waals surface area (Å²) in [5.41, 5.74) is -0.0620. The first-order chi connectivity index (χ1) is 9.50. The summed E-state index contributed by atoms with van der Waals surface area (Å²) in [6.45, 7) is 1.53. The van der Waals surface area contributed by atoms with E-state index in [1.165, 1.54) is 6.92 Å². The fourth-order valence-electron chi connectivity index (χ4n) is 1.79. The number of nitrogens with zero attached hydrogens (tertiary/aromatic N) is 2. The second-order valence-electron chi connectivity index (χ2n) is 4.30. The summed E-state index contributed by atoms with van der Waals surface area (Å²) in [6, 6.07) is 2.31. The Kier molecular flexibility index (Phi) is 5.55. The molecule has 0 spiro atoms. The topological polar surface area (TPSA) is 141 Å². The van der Waals surface area contributed by atoms with Gasteiger partial charge in [0.2, 0.25) is 0 Å². The zero-order valence-electron chi connectivity index (χ0n) is 11.6. The Labute approximate surface area is 148 Å². The molecule has 1 heterocycles. The van der Waals surface area contributed by atoms with E-state index in [0.717, 1.165) is 18.2 Å². The van der Waals surface area contributed by atoms with Crippen molar-refractivity contribution in [3.63, 3.8) is 0 Å². The van der Waals surface area contributed by atoms with Crippen molar-refractivity contribution in [3.05, 3.63) is 18.2 Å². The summed E-state index contributed by atoms with van der Waals surface area (Å²) in [7, 11) is -9.32. The van der Waals surface area contributed by atoms with Crippen molar-refractivity contribution in [2.75, 3.05) is 5.01 Å². The fraction of sp³-hybridized carbons (Fsp3) is 0.200. The Morgan fingerprint density at radius 1 is 1.14 bits per heavy atom. The Hall–Kier alpha value is -0.820. The molecule has 1 amide bonds. The summed E-state index contributed by atoms with van der Waals surface area (Å²) in [6.07, 6.45) is -0.0684. The minimum atomic E-state index is -4.71. The molecule has 115 valence electrons. The first kappa shape index (κ1) is 19.2. The molecule has 0 aliphatic carbocycles. The second kappa shape index (κ2) is 6.35. The van der Waals surface area contributed by atoms with Crippen molar-refractivity contribution >= 4 is 67.1 Å². The van der Waals surface area contributed by atoms with Gasteiger partial charge in [-0.05, 0) is 25.1 Å². The minimum absolute atomic E-state index is 0. The van der Waals surface area contributed by atoms with Crippen molar-refractivity contribution in [1.29, 1.82) is 0 Å². The molecule has 1 aromatic carbocycles. The maximum Gasteiger partial charge on any atom is 0.296 e. The first-order valence-electron chi connectivity index (χ1n) is 5.46. The molecule has 1 aromatic rings. The normalized spacial score (nSPS) is 15.5. The zero-order valence-corrected chi connectivity index (χ0v) is 15.2. The molecular formula is C10H10N2NaO7S2. The number of hydrogen-bond donors (Lipinski definition) is 2. The molecule has 0 unspecified atom stereocenters. The van der Waals surface area contributed by atoms with E-state index in [2.05, 4.69) is 5.10 Å². The maximum atomic E-state index is 11.7. The van der Waals surface area contributed by atoms with Crippen LogP contribution in [-0.4, -0.2) is 67.1 Å². The molecule has 9 nitrogen and oxygen atoms in total. The quantitative estimate of drug-likeness (QED) is 0.569. The van der Waals surface area contributed by atoms with Gasteiger partial charge < -0.3 is 0 Å². The molecule has 0 saturated heterocycles. The van der Waals surface area contributed by atoms with E-state index < -0.39 is 41.6 Å². The van der Waals surface area contributed by atoms with E-state index in [0.29, 0.717) is 10.7 Å². The van der Waals surface area contributed by atoms with Crippen LogP contribution in [0, 0.1) is 0 Å². The number of hydrazone groups is 1. The van der Waals surface area contributed by atoms with Crippen LogP contribution >= 0.6 is 0 Å². The SMILES string of the molecule is CC1=NN(c2cc(S(=O)(=O)O)ccc2S(=O)(=O)O)C(=O)C1.[Na]. The van der Waals surface area contributed by atoms with Crippen LogP contribution < -0.4 is 5.01 Å². The fourth-order valence-corrected chi connectivity index (χ4v) is 2.94. The molecular weight excluding hydrogens is 347 g/mol. The predicted octanol–water partition coefficient (Wildman–Crippen LogP) is -0.0882. The van der Waals surface area contributed by atoms with Gasteiger partial charge in [-0.15, -0.1) is 0 Å². The van der Waals surface area contributed by atoms with Crippen LogP contribution in [0.4, 0.5) is 5.69 Å². The van der Waals surface area contributed by atoms with E-state index >= 15 is 0 Å². The van der Waals surface area contributed by atoms with Gasteiger partial charge >= 0.3 is 0 Å². The van der Waals surface area contributed by atoms with Crippen LogP contribution in [0.5, 0.6) is 0 Å². The maximum absolute atomic E-state index is 11.7. The van der Waals surface area contributed by atoms with Gasteiger partial charge in [0.15, 0.2) is 0 Å². The number of carbonyl (C=O) groups excluding carboxylic acids is 1. The smallest absolute Gasteiger partial charge is 0.282 e. The Bertz CT molecular complexity index is 861. The van der Waals surface area contributed by atoms with Crippen LogP contribution in [0.25, 0.3) is 0 Å². The van der Waals surface area contributed by atoms with Crippen LogP contribution in [0.15, 0.2) is 33.1 Å². The van der Waals surface area contributed by atoms with Gasteiger partial charge in [0.25, 0.3) is 26.1 Å². The molecule has 0 bridgehead atoms. The van der Waals surface area contributed by atoms with E-state index in [-0.39, 0.29) is 36.0 Å². The molecule has 22 heavy (non-hydrogen) atoms. The monoisotopic (exact) mass is 357 g/mol. The van der Waals surface area contributed by atoms with Crippen LogP contribution in [0.1, 0.15) is 13.3 Å². The van der Waals surface area contributed by atoms with E-state index in [9.17, 15) is 21.6 Å². The number of benzene rings is 1. The number of anilines is 1. The summed E-state index contributed by atoms with van der Waals surface area (Å²) in [5, 5.41) is 4.46. The van der Waals surface area contributed by atoms with Gasteiger partial charge in [-0.25, -0.2) is 0 Å². The predicted molar refractivity (Wildman–Crippen MR) is 77.0 cm³/mol. The molecule has 0 saturated carbocycles. The molecule has 0 fully saturated rings. The number of amides is 1. The first-order valence-corrected chi connectivity index (χ1v) is 8.34. The van der Waals surface area contributed by atoms with E-state index in [4.69, 9.17) is 9.11 Å². The third kappa shape index (κ3) is 3.93. The Balaban J connectivity index is 0.00000242. The van der Waals surface area contributed by atoms with Crippen molar-refractivity contribution in [1.82, 2.24) is 0 Å². The molecule has 1 radical (unpaired) electrons. The Morgan fingerprint density at radius 3 is 2.14 bits per heavy atom. The molecule has 0 aromatic heterocycles. The van der Waals surface area contributed by atoms with E-state index in [1.54, 1.807) is 0 Å². The average Bonchev–Trinajstić information content (AvgIpc) is 2.65. The van der Waals surface area contributed by atoms with Crippen molar-refractivity contribution in [3.8, 4) is 0 Å². The van der Waals surface area contributed by atoms with Crippen molar-refractivity contribution < 1.29 is 30.7 Å². The number of hydrogen-bond acceptors (Lipinski definition) is 6. The summed E-state index contributed by atoms with van der Waals surface area (Å²) < 4.78 is 63.0. The third-order valence-corrected chi connectivity index (χ3v) is 4.40. The standard InChI is InChI=1S/C10H10N2O7S2.Na/c1-6-4-10(13)12(11-6)8-5-7(20(14,15)16)2-3-9(8)21(17,18)19;/h2-3,5H,4H2,1H3,(H,14,15,16)(H,17,18,19);. The average molecular weight is 357 g/mol. The Morgan fingerprint density at radius 2 is 1.73 bits per heavy atom. The van der Waals surface area contributed by atoms with Gasteiger partial charge in [0, 0.05) is 35.3 Å². The molecule has 1 aliphatic rings.